The van der Waals surface area contributed by atoms with Crippen LogP contribution in [0.15, 0.2) is 12.2 Å². The van der Waals surface area contributed by atoms with Crippen LogP contribution in [0, 0.1) is 11.5 Å². The summed E-state index contributed by atoms with van der Waals surface area (Å²) in [5.74, 6) is 2.61. The van der Waals surface area contributed by atoms with Gasteiger partial charge in [-0.05, 0) is 22.7 Å². The highest BCUT2D eigenvalue weighted by molar-refractivity contribution is 6.90. The van der Waals surface area contributed by atoms with Crippen LogP contribution < -0.4 is 0 Å². The van der Waals surface area contributed by atoms with E-state index in [0.717, 1.165) is 0 Å². The first kappa shape index (κ1) is 24.5. The Morgan fingerprint density at radius 1 is 1.00 bits per heavy atom. The van der Waals surface area contributed by atoms with Crippen molar-refractivity contribution < 1.29 is 23.8 Å². The van der Waals surface area contributed by atoms with Gasteiger partial charge in [0, 0.05) is 20.3 Å². The van der Waals surface area contributed by atoms with Crippen LogP contribution in [0.25, 0.3) is 0 Å². The van der Waals surface area contributed by atoms with Crippen LogP contribution in [0.2, 0.25) is 16.6 Å². The molecule has 0 bridgehead atoms. The van der Waals surface area contributed by atoms with E-state index in [4.69, 9.17) is 14.2 Å². The molecule has 0 aromatic rings. The highest BCUT2D eigenvalue weighted by Gasteiger charge is 2.41. The fraction of sp³-hybridized carbons (Fsp3) is 0.727. The Morgan fingerprint density at radius 3 is 2.04 bits per heavy atom. The molecule has 0 unspecified atom stereocenters. The van der Waals surface area contributed by atoms with E-state index in [1.807, 2.05) is 12.2 Å². The molecule has 0 fully saturated rings. The maximum atomic E-state index is 11.3. The van der Waals surface area contributed by atoms with E-state index >= 15 is 0 Å². The molecule has 0 saturated carbocycles. The number of carbonyl (C=O) groups is 2. The van der Waals surface area contributed by atoms with Gasteiger partial charge in [-0.1, -0.05) is 47.6 Å². The van der Waals surface area contributed by atoms with Gasteiger partial charge in [0.25, 0.3) is 0 Å². The van der Waals surface area contributed by atoms with Crippen molar-refractivity contribution in [2.75, 3.05) is 6.61 Å². The van der Waals surface area contributed by atoms with Crippen molar-refractivity contribution in [3.8, 4) is 11.5 Å². The minimum atomic E-state index is -1.77. The maximum Gasteiger partial charge on any atom is 0.303 e. The fourth-order valence-corrected chi connectivity index (χ4v) is 9.47. The van der Waals surface area contributed by atoms with E-state index in [0.29, 0.717) is 23.0 Å². The molecule has 158 valence electrons. The van der Waals surface area contributed by atoms with E-state index in [-0.39, 0.29) is 12.7 Å². The first-order chi connectivity index (χ1) is 13.0. The second-order valence-electron chi connectivity index (χ2n) is 8.38. The van der Waals surface area contributed by atoms with E-state index in [2.05, 4.69) is 53.0 Å². The van der Waals surface area contributed by atoms with Gasteiger partial charge in [0.15, 0.2) is 0 Å². The first-order valence-corrected chi connectivity index (χ1v) is 12.4. The van der Waals surface area contributed by atoms with Gasteiger partial charge in [0.05, 0.1) is 6.10 Å². The molecule has 0 amide bonds. The topological polar surface area (TPSA) is 61.8 Å². The van der Waals surface area contributed by atoms with Crippen LogP contribution in [0.3, 0.4) is 0 Å². The summed E-state index contributed by atoms with van der Waals surface area (Å²) in [7, 11) is -1.77. The summed E-state index contributed by atoms with van der Waals surface area (Å²) in [6.45, 7) is 16.5. The normalized spacial score (nSPS) is 22.2. The fourth-order valence-electron chi connectivity index (χ4n) is 4.20. The lowest BCUT2D eigenvalue weighted by atomic mass is 10.1. The van der Waals surface area contributed by atoms with Crippen LogP contribution in [0.1, 0.15) is 61.8 Å². The van der Waals surface area contributed by atoms with Crippen molar-refractivity contribution in [3.05, 3.63) is 12.2 Å². The number of hydrogen-bond acceptors (Lipinski definition) is 5. The minimum Gasteiger partial charge on any atom is -0.463 e. The average molecular weight is 409 g/mol. The van der Waals surface area contributed by atoms with Gasteiger partial charge in [-0.15, -0.1) is 11.5 Å². The van der Waals surface area contributed by atoms with Gasteiger partial charge < -0.3 is 14.2 Å². The highest BCUT2D eigenvalue weighted by Crippen LogP contribution is 2.40. The maximum absolute atomic E-state index is 11.3. The molecule has 0 spiro atoms. The molecule has 0 aromatic carbocycles. The van der Waals surface area contributed by atoms with Crippen molar-refractivity contribution in [1.29, 1.82) is 0 Å². The number of carbonyl (C=O) groups excluding carboxylic acids is 2. The summed E-state index contributed by atoms with van der Waals surface area (Å²) < 4.78 is 16.4. The smallest absolute Gasteiger partial charge is 0.303 e. The molecule has 1 aliphatic rings. The molecule has 0 aromatic heterocycles. The minimum absolute atomic E-state index is 0.0459. The highest BCUT2D eigenvalue weighted by atomic mass is 28.3. The van der Waals surface area contributed by atoms with Crippen LogP contribution in [0.5, 0.6) is 0 Å². The molecular formula is C22H36O5Si. The van der Waals surface area contributed by atoms with Crippen LogP contribution in [-0.4, -0.2) is 44.9 Å². The number of hydrogen-bond donors (Lipinski definition) is 0. The zero-order valence-electron chi connectivity index (χ0n) is 18.6. The largest absolute Gasteiger partial charge is 0.463 e. The molecule has 0 N–H and O–H groups in total. The Balaban J connectivity index is 2.93. The van der Waals surface area contributed by atoms with Gasteiger partial charge in [-0.2, -0.15) is 0 Å². The average Bonchev–Trinajstić information content (AvgIpc) is 2.56. The second kappa shape index (κ2) is 10.8. The van der Waals surface area contributed by atoms with Gasteiger partial charge in [0.1, 0.15) is 26.9 Å². The van der Waals surface area contributed by atoms with E-state index in [9.17, 15) is 9.59 Å². The second-order valence-corrected chi connectivity index (χ2v) is 14.0. The summed E-state index contributed by atoms with van der Waals surface area (Å²) in [5, 5.41) is 0. The molecule has 6 heteroatoms. The summed E-state index contributed by atoms with van der Waals surface area (Å²) in [4.78, 5) is 22.5. The van der Waals surface area contributed by atoms with Crippen molar-refractivity contribution in [3.63, 3.8) is 0 Å². The zero-order valence-corrected chi connectivity index (χ0v) is 19.6. The summed E-state index contributed by atoms with van der Waals surface area (Å²) in [5.41, 5.74) is 5.42. The third-order valence-corrected chi connectivity index (χ3v) is 11.8. The molecule has 0 radical (unpaired) electrons. The third kappa shape index (κ3) is 6.49. The number of ether oxygens (including phenoxy) is 3. The van der Waals surface area contributed by atoms with Crippen molar-refractivity contribution in [2.24, 2.45) is 0 Å². The van der Waals surface area contributed by atoms with Gasteiger partial charge in [0.2, 0.25) is 0 Å². The molecular weight excluding hydrogens is 372 g/mol. The molecule has 0 saturated heterocycles. The number of rotatable bonds is 7. The Morgan fingerprint density at radius 2 is 1.57 bits per heavy atom. The quantitative estimate of drug-likeness (QED) is 0.270. The predicted molar refractivity (Wildman–Crippen MR) is 113 cm³/mol. The Hall–Kier alpha value is -1.58. The molecule has 1 aliphatic heterocycles. The molecule has 28 heavy (non-hydrogen) atoms. The van der Waals surface area contributed by atoms with Gasteiger partial charge >= 0.3 is 11.9 Å². The van der Waals surface area contributed by atoms with Crippen molar-refractivity contribution in [2.45, 2.75) is 96.7 Å². The van der Waals surface area contributed by atoms with Crippen molar-refractivity contribution in [1.82, 2.24) is 0 Å². The molecule has 5 nitrogen and oxygen atoms in total. The predicted octanol–water partition coefficient (Wildman–Crippen LogP) is 4.42. The number of esters is 2. The van der Waals surface area contributed by atoms with Crippen LogP contribution in [-0.2, 0) is 23.8 Å². The van der Waals surface area contributed by atoms with Crippen LogP contribution >= 0.6 is 0 Å². The zero-order chi connectivity index (χ0) is 21.5. The Labute approximate surface area is 171 Å². The van der Waals surface area contributed by atoms with E-state index in [1.165, 1.54) is 13.8 Å². The lowest BCUT2D eigenvalue weighted by Gasteiger charge is -2.38. The lowest BCUT2D eigenvalue weighted by Crippen LogP contribution is -2.43. The summed E-state index contributed by atoms with van der Waals surface area (Å²) in [6.07, 6.45) is 2.97. The Bertz CT molecular complexity index is 605. The van der Waals surface area contributed by atoms with E-state index < -0.39 is 32.2 Å². The van der Waals surface area contributed by atoms with Gasteiger partial charge in [-0.3, -0.25) is 9.59 Å². The molecule has 1 rings (SSSR count). The lowest BCUT2D eigenvalue weighted by molar-refractivity contribution is -0.163. The molecule has 1 heterocycles. The summed E-state index contributed by atoms with van der Waals surface area (Å²) in [6, 6.07) is 0. The standard InChI is InChI=1S/C22H36O5Si/c1-15(2)28(16(3)4,17(5)6)13-9-10-20-11-12-21(26-19(8)24)22(27-20)14-25-18(7)23/h11-12,15-17,20-22H,10,14H2,1-8H3/t20-,21+,22-/m1/s1. The summed E-state index contributed by atoms with van der Waals surface area (Å²) >= 11 is 0. The molecule has 0 aliphatic carbocycles. The third-order valence-electron chi connectivity index (χ3n) is 5.46. The van der Waals surface area contributed by atoms with Crippen molar-refractivity contribution >= 4 is 20.0 Å². The van der Waals surface area contributed by atoms with Gasteiger partial charge in [-0.25, -0.2) is 0 Å². The monoisotopic (exact) mass is 408 g/mol. The van der Waals surface area contributed by atoms with E-state index in [1.54, 1.807) is 0 Å². The molecule has 3 atom stereocenters. The Kier molecular flexibility index (Phi) is 9.45. The SMILES string of the molecule is CC(=O)OC[C@H]1O[C@H](CC#C[Si](C(C)C)(C(C)C)C(C)C)C=C[C@@H]1OC(C)=O. The first-order valence-electron chi connectivity index (χ1n) is 10.1. The van der Waals surface area contributed by atoms with Crippen LogP contribution in [0.4, 0.5) is 0 Å².